The van der Waals surface area contributed by atoms with Gasteiger partial charge in [0.25, 0.3) is 0 Å². The van der Waals surface area contributed by atoms with E-state index in [-0.39, 0.29) is 0 Å². The Morgan fingerprint density at radius 1 is 0.233 bits per heavy atom. The molecule has 0 aliphatic carbocycles. The molecule has 0 aromatic heterocycles. The third kappa shape index (κ3) is 7.30. The lowest BCUT2D eigenvalue weighted by Gasteiger charge is -2.26. The molecule has 0 saturated heterocycles. The Balaban J connectivity index is 0.996. The summed E-state index contributed by atoms with van der Waals surface area (Å²) in [6, 6.07) is 87.9. The zero-order valence-electron chi connectivity index (χ0n) is 33.5. The molecule has 1 nitrogen and oxygen atoms in total. The van der Waals surface area contributed by atoms with Crippen LogP contribution in [0, 0.1) is 6.92 Å². The van der Waals surface area contributed by atoms with E-state index in [9.17, 15) is 0 Å². The highest BCUT2D eigenvalue weighted by molar-refractivity contribution is 6.06. The molecule has 0 atom stereocenters. The summed E-state index contributed by atoms with van der Waals surface area (Å²) in [7, 11) is 0. The maximum Gasteiger partial charge on any atom is 0.0462 e. The molecule has 1 heteroatoms. The molecule has 0 heterocycles. The van der Waals surface area contributed by atoms with Gasteiger partial charge in [0.05, 0.1) is 0 Å². The van der Waals surface area contributed by atoms with Gasteiger partial charge in [-0.15, -0.1) is 0 Å². The predicted octanol–water partition coefficient (Wildman–Crippen LogP) is 16.6. The van der Waals surface area contributed by atoms with Crippen molar-refractivity contribution in [2.45, 2.75) is 6.92 Å². The van der Waals surface area contributed by atoms with Crippen molar-refractivity contribution in [2.24, 2.45) is 0 Å². The van der Waals surface area contributed by atoms with Crippen LogP contribution in [-0.4, -0.2) is 0 Å². The number of nitrogens with zero attached hydrogens (tertiary/aromatic N) is 1. The maximum atomic E-state index is 2.35. The first kappa shape index (κ1) is 36.6. The Bertz CT molecular complexity index is 3020. The molecular weight excluding hydrogens is 723 g/mol. The van der Waals surface area contributed by atoms with Gasteiger partial charge in [-0.05, 0) is 121 Å². The lowest BCUT2D eigenvalue weighted by atomic mass is 9.91. The summed E-state index contributed by atoms with van der Waals surface area (Å²) < 4.78 is 0. The normalized spacial score (nSPS) is 11.1. The molecule has 10 rings (SSSR count). The third-order valence-electron chi connectivity index (χ3n) is 11.6. The van der Waals surface area contributed by atoms with E-state index in [0.717, 1.165) is 17.1 Å². The second-order valence-corrected chi connectivity index (χ2v) is 15.4. The summed E-state index contributed by atoms with van der Waals surface area (Å²) in [6.45, 7) is 2.14. The summed E-state index contributed by atoms with van der Waals surface area (Å²) in [5.74, 6) is 0. The first-order valence-electron chi connectivity index (χ1n) is 20.7. The van der Waals surface area contributed by atoms with Crippen molar-refractivity contribution in [3.8, 4) is 66.8 Å². The van der Waals surface area contributed by atoms with Crippen LogP contribution in [0.3, 0.4) is 0 Å². The topological polar surface area (TPSA) is 3.24 Å². The second kappa shape index (κ2) is 16.3. The monoisotopic (exact) mass is 765 g/mol. The van der Waals surface area contributed by atoms with Crippen LogP contribution >= 0.6 is 0 Å². The maximum absolute atomic E-state index is 2.35. The molecule has 0 amide bonds. The highest BCUT2D eigenvalue weighted by atomic mass is 15.1. The Hall–Kier alpha value is -7.74. The van der Waals surface area contributed by atoms with Crippen LogP contribution in [-0.2, 0) is 0 Å². The fraction of sp³-hybridized carbons (Fsp3) is 0.0169. The molecule has 0 unspecified atom stereocenters. The van der Waals surface area contributed by atoms with Crippen LogP contribution in [0.25, 0.3) is 77.5 Å². The quantitative estimate of drug-likeness (QED) is 0.141. The average Bonchev–Trinajstić information content (AvgIpc) is 3.33. The molecule has 0 spiro atoms. The van der Waals surface area contributed by atoms with E-state index in [0.29, 0.717) is 0 Å². The number of hydrogen-bond donors (Lipinski definition) is 0. The smallest absolute Gasteiger partial charge is 0.0462 e. The number of rotatable bonds is 9. The zero-order chi connectivity index (χ0) is 40.3. The number of benzene rings is 10. The number of anilines is 3. The molecule has 10 aromatic carbocycles. The third-order valence-corrected chi connectivity index (χ3v) is 11.6. The largest absolute Gasteiger partial charge is 0.311 e. The van der Waals surface area contributed by atoms with Crippen molar-refractivity contribution >= 4 is 27.8 Å². The number of fused-ring (bicyclic) bond motifs is 1. The van der Waals surface area contributed by atoms with Crippen molar-refractivity contribution in [3.63, 3.8) is 0 Å². The summed E-state index contributed by atoms with van der Waals surface area (Å²) in [5.41, 5.74) is 19.1. The molecular formula is C59H43N. The van der Waals surface area contributed by atoms with E-state index in [2.05, 4.69) is 254 Å². The zero-order valence-corrected chi connectivity index (χ0v) is 33.5. The lowest BCUT2D eigenvalue weighted by molar-refractivity contribution is 1.28. The van der Waals surface area contributed by atoms with Gasteiger partial charge >= 0.3 is 0 Å². The van der Waals surface area contributed by atoms with Crippen LogP contribution in [0.5, 0.6) is 0 Å². The molecule has 0 radical (unpaired) electrons. The molecule has 60 heavy (non-hydrogen) atoms. The number of aryl methyl sites for hydroxylation is 1. The van der Waals surface area contributed by atoms with Gasteiger partial charge in [-0.25, -0.2) is 0 Å². The van der Waals surface area contributed by atoms with E-state index in [1.165, 1.54) is 83.1 Å². The highest BCUT2D eigenvalue weighted by Crippen LogP contribution is 2.41. The van der Waals surface area contributed by atoms with Crippen molar-refractivity contribution in [1.29, 1.82) is 0 Å². The first-order valence-corrected chi connectivity index (χ1v) is 20.7. The Kier molecular flexibility index (Phi) is 9.91. The van der Waals surface area contributed by atoms with Gasteiger partial charge in [0.1, 0.15) is 0 Å². The standard InChI is InChI=1S/C59H43N/c1-42-22-24-49(25-23-42)57-20-10-16-51-17-11-21-58(59(51)57)50-34-40-54(41-35-50)60(52-36-30-45(31-37-52)43-12-4-2-5-13-43)53-38-32-46(33-39-53)44-26-28-48(29-27-44)56-19-9-8-18-55(56)47-14-6-3-7-15-47/h2-41H,1H3. The fourth-order valence-electron chi connectivity index (χ4n) is 8.48. The van der Waals surface area contributed by atoms with Crippen LogP contribution in [0.2, 0.25) is 0 Å². The minimum atomic E-state index is 1.10. The van der Waals surface area contributed by atoms with Gasteiger partial charge in [-0.3, -0.25) is 0 Å². The van der Waals surface area contributed by atoms with Gasteiger partial charge in [0.2, 0.25) is 0 Å². The SMILES string of the molecule is Cc1ccc(-c2cccc3cccc(-c4ccc(N(c5ccc(-c6ccccc6)cc5)c5ccc(-c6ccc(-c7ccccc7-c7ccccc7)cc6)cc5)cc4)c23)cc1. The average molecular weight is 766 g/mol. The van der Waals surface area contributed by atoms with Crippen LogP contribution in [0.15, 0.2) is 243 Å². The Morgan fingerprint density at radius 2 is 0.533 bits per heavy atom. The fourth-order valence-corrected chi connectivity index (χ4v) is 8.48. The predicted molar refractivity (Wildman–Crippen MR) is 256 cm³/mol. The summed E-state index contributed by atoms with van der Waals surface area (Å²) in [6.07, 6.45) is 0. The van der Waals surface area contributed by atoms with Gasteiger partial charge < -0.3 is 4.90 Å². The van der Waals surface area contributed by atoms with Crippen LogP contribution in [0.4, 0.5) is 17.1 Å². The molecule has 0 fully saturated rings. The van der Waals surface area contributed by atoms with E-state index < -0.39 is 0 Å². The minimum Gasteiger partial charge on any atom is -0.311 e. The van der Waals surface area contributed by atoms with Crippen LogP contribution < -0.4 is 4.90 Å². The van der Waals surface area contributed by atoms with E-state index in [4.69, 9.17) is 0 Å². The molecule has 0 aliphatic heterocycles. The van der Waals surface area contributed by atoms with E-state index in [1.807, 2.05) is 0 Å². The van der Waals surface area contributed by atoms with Crippen molar-refractivity contribution in [3.05, 3.63) is 248 Å². The molecule has 284 valence electrons. The molecule has 10 aromatic rings. The summed E-state index contributed by atoms with van der Waals surface area (Å²) in [5, 5.41) is 2.51. The molecule has 0 N–H and O–H groups in total. The molecule has 0 bridgehead atoms. The number of hydrogen-bond acceptors (Lipinski definition) is 1. The Morgan fingerprint density at radius 3 is 1.00 bits per heavy atom. The van der Waals surface area contributed by atoms with Gasteiger partial charge in [0.15, 0.2) is 0 Å². The second-order valence-electron chi connectivity index (χ2n) is 15.4. The van der Waals surface area contributed by atoms with Gasteiger partial charge in [0, 0.05) is 17.1 Å². The van der Waals surface area contributed by atoms with Crippen LogP contribution in [0.1, 0.15) is 5.56 Å². The van der Waals surface area contributed by atoms with E-state index >= 15 is 0 Å². The Labute approximate surface area is 353 Å². The molecule has 0 saturated carbocycles. The van der Waals surface area contributed by atoms with Crippen molar-refractivity contribution in [1.82, 2.24) is 0 Å². The van der Waals surface area contributed by atoms with Gasteiger partial charge in [-0.2, -0.15) is 0 Å². The highest BCUT2D eigenvalue weighted by Gasteiger charge is 2.16. The molecule has 0 aliphatic rings. The summed E-state index contributed by atoms with van der Waals surface area (Å²) >= 11 is 0. The van der Waals surface area contributed by atoms with Crippen molar-refractivity contribution < 1.29 is 0 Å². The van der Waals surface area contributed by atoms with Gasteiger partial charge in [-0.1, -0.05) is 212 Å². The minimum absolute atomic E-state index is 1.10. The summed E-state index contributed by atoms with van der Waals surface area (Å²) in [4.78, 5) is 2.35. The van der Waals surface area contributed by atoms with Crippen molar-refractivity contribution in [2.75, 3.05) is 4.90 Å². The van der Waals surface area contributed by atoms with E-state index in [1.54, 1.807) is 0 Å². The lowest BCUT2D eigenvalue weighted by Crippen LogP contribution is -2.09. The first-order chi connectivity index (χ1) is 29.7.